The number of amides is 1. The summed E-state index contributed by atoms with van der Waals surface area (Å²) in [5.41, 5.74) is 1.76. The lowest BCUT2D eigenvalue weighted by atomic mass is 9.99. The first kappa shape index (κ1) is 15.3. The third-order valence-corrected chi connectivity index (χ3v) is 3.94. The zero-order valence-electron chi connectivity index (χ0n) is 11.7. The maximum absolute atomic E-state index is 12.1. The molecule has 1 saturated heterocycles. The van der Waals surface area contributed by atoms with Crippen molar-refractivity contribution in [1.29, 1.82) is 0 Å². The van der Waals surface area contributed by atoms with Crippen molar-refractivity contribution in [2.75, 3.05) is 31.6 Å². The molecular weight excluding hydrogens is 276 g/mol. The number of carbonyl (C=O) groups is 1. The molecule has 0 aliphatic carbocycles. The molecule has 1 unspecified atom stereocenters. The summed E-state index contributed by atoms with van der Waals surface area (Å²) in [5, 5.41) is 12.7. The smallest absolute Gasteiger partial charge is 0.238 e. The van der Waals surface area contributed by atoms with Crippen LogP contribution in [0.25, 0.3) is 0 Å². The Morgan fingerprint density at radius 3 is 3.10 bits per heavy atom. The monoisotopic (exact) mass is 296 g/mol. The number of carbonyl (C=O) groups excluding carboxylic acids is 1. The summed E-state index contributed by atoms with van der Waals surface area (Å²) < 4.78 is 0. The van der Waals surface area contributed by atoms with Crippen LogP contribution in [-0.4, -0.2) is 42.2 Å². The van der Waals surface area contributed by atoms with E-state index in [2.05, 4.69) is 10.2 Å². The van der Waals surface area contributed by atoms with Crippen LogP contribution in [0.2, 0.25) is 5.02 Å². The molecule has 1 aromatic rings. The lowest BCUT2D eigenvalue weighted by Crippen LogP contribution is -2.41. The van der Waals surface area contributed by atoms with Gasteiger partial charge in [0.25, 0.3) is 0 Å². The van der Waals surface area contributed by atoms with E-state index in [4.69, 9.17) is 11.6 Å². The van der Waals surface area contributed by atoms with Crippen molar-refractivity contribution in [2.45, 2.75) is 19.8 Å². The summed E-state index contributed by atoms with van der Waals surface area (Å²) in [6.07, 6.45) is 2.08. The topological polar surface area (TPSA) is 52.6 Å². The predicted molar refractivity (Wildman–Crippen MR) is 81.1 cm³/mol. The highest BCUT2D eigenvalue weighted by atomic mass is 35.5. The number of nitrogens with zero attached hydrogens (tertiary/aromatic N) is 1. The number of hydrogen-bond acceptors (Lipinski definition) is 3. The number of aliphatic hydroxyl groups excluding tert-OH is 1. The van der Waals surface area contributed by atoms with E-state index in [1.54, 1.807) is 6.07 Å². The first-order valence-electron chi connectivity index (χ1n) is 6.97. The first-order valence-corrected chi connectivity index (χ1v) is 7.35. The molecule has 1 atom stereocenters. The van der Waals surface area contributed by atoms with E-state index < -0.39 is 0 Å². The largest absolute Gasteiger partial charge is 0.396 e. The number of benzene rings is 1. The molecule has 1 heterocycles. The Morgan fingerprint density at radius 1 is 1.55 bits per heavy atom. The van der Waals surface area contributed by atoms with E-state index in [0.717, 1.165) is 37.2 Å². The van der Waals surface area contributed by atoms with Crippen molar-refractivity contribution in [3.63, 3.8) is 0 Å². The molecule has 5 heteroatoms. The summed E-state index contributed by atoms with van der Waals surface area (Å²) in [5.74, 6) is 0.262. The van der Waals surface area contributed by atoms with Crippen LogP contribution in [0.4, 0.5) is 5.69 Å². The molecule has 1 aliphatic rings. The Balaban J connectivity index is 1.90. The van der Waals surface area contributed by atoms with Crippen LogP contribution >= 0.6 is 11.6 Å². The number of likely N-dealkylation sites (tertiary alicyclic amines) is 1. The number of rotatable bonds is 4. The predicted octanol–water partition coefficient (Wildman–Crippen LogP) is 2.29. The molecule has 1 aromatic carbocycles. The van der Waals surface area contributed by atoms with Crippen LogP contribution in [0.1, 0.15) is 18.4 Å². The Morgan fingerprint density at radius 2 is 2.35 bits per heavy atom. The average molecular weight is 297 g/mol. The summed E-state index contributed by atoms with van der Waals surface area (Å²) >= 11 is 5.94. The van der Waals surface area contributed by atoms with Crippen LogP contribution in [0, 0.1) is 12.8 Å². The van der Waals surface area contributed by atoms with Gasteiger partial charge in [-0.05, 0) is 49.9 Å². The van der Waals surface area contributed by atoms with Crippen LogP contribution in [0.15, 0.2) is 18.2 Å². The third kappa shape index (κ3) is 4.20. The minimum Gasteiger partial charge on any atom is -0.396 e. The second-order valence-electron chi connectivity index (χ2n) is 5.43. The molecule has 1 amide bonds. The van der Waals surface area contributed by atoms with Gasteiger partial charge in [0, 0.05) is 23.9 Å². The van der Waals surface area contributed by atoms with E-state index in [1.807, 2.05) is 19.1 Å². The van der Waals surface area contributed by atoms with E-state index >= 15 is 0 Å². The van der Waals surface area contributed by atoms with Gasteiger partial charge in [-0.25, -0.2) is 0 Å². The molecule has 20 heavy (non-hydrogen) atoms. The van der Waals surface area contributed by atoms with Gasteiger partial charge in [0.2, 0.25) is 5.91 Å². The van der Waals surface area contributed by atoms with Crippen LogP contribution < -0.4 is 5.32 Å². The highest BCUT2D eigenvalue weighted by Crippen LogP contribution is 2.20. The number of aryl methyl sites for hydroxylation is 1. The number of hydrogen-bond donors (Lipinski definition) is 2. The summed E-state index contributed by atoms with van der Waals surface area (Å²) in [6, 6.07) is 5.46. The Kier molecular flexibility index (Phi) is 5.40. The molecule has 2 N–H and O–H groups in total. The quantitative estimate of drug-likeness (QED) is 0.896. The molecule has 110 valence electrons. The number of piperidine rings is 1. The van der Waals surface area contributed by atoms with Gasteiger partial charge in [-0.1, -0.05) is 17.7 Å². The van der Waals surface area contributed by atoms with Crippen LogP contribution in [-0.2, 0) is 4.79 Å². The molecule has 0 aromatic heterocycles. The second kappa shape index (κ2) is 7.07. The average Bonchev–Trinajstić information content (AvgIpc) is 2.43. The van der Waals surface area contributed by atoms with E-state index in [-0.39, 0.29) is 12.5 Å². The van der Waals surface area contributed by atoms with Gasteiger partial charge in [0.1, 0.15) is 0 Å². The van der Waals surface area contributed by atoms with Crippen molar-refractivity contribution in [3.8, 4) is 0 Å². The second-order valence-corrected chi connectivity index (χ2v) is 5.87. The fourth-order valence-electron chi connectivity index (χ4n) is 2.57. The van der Waals surface area contributed by atoms with Gasteiger partial charge in [-0.3, -0.25) is 9.69 Å². The van der Waals surface area contributed by atoms with Crippen LogP contribution in [0.3, 0.4) is 0 Å². The van der Waals surface area contributed by atoms with Gasteiger partial charge in [-0.2, -0.15) is 0 Å². The van der Waals surface area contributed by atoms with Gasteiger partial charge >= 0.3 is 0 Å². The SMILES string of the molecule is Cc1ccc(Cl)cc1NC(=O)CN1CCCC(CO)C1. The fourth-order valence-corrected chi connectivity index (χ4v) is 2.74. The van der Waals surface area contributed by atoms with Gasteiger partial charge < -0.3 is 10.4 Å². The van der Waals surface area contributed by atoms with Crippen molar-refractivity contribution < 1.29 is 9.90 Å². The Hall–Kier alpha value is -1.10. The number of nitrogens with one attached hydrogen (secondary N) is 1. The number of halogens is 1. The number of anilines is 1. The summed E-state index contributed by atoms with van der Waals surface area (Å²) in [6.45, 7) is 4.21. The molecule has 0 bridgehead atoms. The lowest BCUT2D eigenvalue weighted by Gasteiger charge is -2.31. The number of aliphatic hydroxyl groups is 1. The zero-order chi connectivity index (χ0) is 14.5. The molecule has 0 radical (unpaired) electrons. The summed E-state index contributed by atoms with van der Waals surface area (Å²) in [7, 11) is 0. The minimum absolute atomic E-state index is 0.0334. The zero-order valence-corrected chi connectivity index (χ0v) is 12.5. The van der Waals surface area contributed by atoms with Gasteiger partial charge in [0.05, 0.1) is 6.54 Å². The fraction of sp³-hybridized carbons (Fsp3) is 0.533. The molecule has 1 fully saturated rings. The van der Waals surface area contributed by atoms with Crippen molar-refractivity contribution in [3.05, 3.63) is 28.8 Å². The van der Waals surface area contributed by atoms with Gasteiger partial charge in [0.15, 0.2) is 0 Å². The van der Waals surface area contributed by atoms with Crippen molar-refractivity contribution in [1.82, 2.24) is 4.90 Å². The van der Waals surface area contributed by atoms with Crippen LogP contribution in [0.5, 0.6) is 0 Å². The third-order valence-electron chi connectivity index (χ3n) is 3.70. The molecule has 4 nitrogen and oxygen atoms in total. The highest BCUT2D eigenvalue weighted by Gasteiger charge is 2.21. The lowest BCUT2D eigenvalue weighted by molar-refractivity contribution is -0.117. The first-order chi connectivity index (χ1) is 9.58. The maximum atomic E-state index is 12.1. The molecule has 2 rings (SSSR count). The molecule has 0 saturated carbocycles. The van der Waals surface area contributed by atoms with E-state index in [9.17, 15) is 9.90 Å². The van der Waals surface area contributed by atoms with Crippen molar-refractivity contribution in [2.24, 2.45) is 5.92 Å². The van der Waals surface area contributed by atoms with Gasteiger partial charge in [-0.15, -0.1) is 0 Å². The highest BCUT2D eigenvalue weighted by molar-refractivity contribution is 6.31. The Labute approximate surface area is 124 Å². The van der Waals surface area contributed by atoms with E-state index in [0.29, 0.717) is 17.5 Å². The summed E-state index contributed by atoms with van der Waals surface area (Å²) in [4.78, 5) is 14.2. The molecular formula is C15H21ClN2O2. The normalized spacial score (nSPS) is 19.9. The maximum Gasteiger partial charge on any atom is 0.238 e. The minimum atomic E-state index is -0.0334. The standard InChI is InChI=1S/C15H21ClN2O2/c1-11-4-5-13(16)7-14(11)17-15(20)9-18-6-2-3-12(8-18)10-19/h4-5,7,12,19H,2-3,6,8-10H2,1H3,(H,17,20). The van der Waals surface area contributed by atoms with E-state index in [1.165, 1.54) is 0 Å². The molecule has 1 aliphatic heterocycles. The molecule has 0 spiro atoms. The van der Waals surface area contributed by atoms with Crippen molar-refractivity contribution >= 4 is 23.2 Å². The Bertz CT molecular complexity index is 479.